The van der Waals surface area contributed by atoms with E-state index in [0.717, 1.165) is 19.1 Å². The van der Waals surface area contributed by atoms with E-state index in [1.807, 2.05) is 6.07 Å². The highest BCUT2D eigenvalue weighted by Gasteiger charge is 2.20. The summed E-state index contributed by atoms with van der Waals surface area (Å²) in [7, 11) is 0. The average molecular weight is 219 g/mol. The van der Waals surface area contributed by atoms with E-state index >= 15 is 0 Å². The largest absolute Gasteiger partial charge is 0.374 e. The number of benzene rings is 1. The van der Waals surface area contributed by atoms with Crippen LogP contribution in [0.1, 0.15) is 31.2 Å². The molecule has 0 heterocycles. The zero-order valence-electron chi connectivity index (χ0n) is 9.77. The van der Waals surface area contributed by atoms with Gasteiger partial charge < -0.3 is 10.5 Å². The molecule has 1 fully saturated rings. The van der Waals surface area contributed by atoms with Crippen LogP contribution in [-0.4, -0.2) is 12.6 Å². The van der Waals surface area contributed by atoms with Crippen LogP contribution in [0.15, 0.2) is 30.3 Å². The van der Waals surface area contributed by atoms with Gasteiger partial charge >= 0.3 is 0 Å². The molecule has 16 heavy (non-hydrogen) atoms. The number of hydrogen-bond donors (Lipinski definition) is 1. The van der Waals surface area contributed by atoms with Crippen molar-refractivity contribution in [2.75, 3.05) is 6.54 Å². The van der Waals surface area contributed by atoms with Crippen LogP contribution in [-0.2, 0) is 11.3 Å². The van der Waals surface area contributed by atoms with Crippen molar-refractivity contribution in [1.82, 2.24) is 0 Å². The Morgan fingerprint density at radius 3 is 2.38 bits per heavy atom. The maximum atomic E-state index is 5.92. The van der Waals surface area contributed by atoms with Gasteiger partial charge in [-0.1, -0.05) is 30.3 Å². The second-order valence-corrected chi connectivity index (χ2v) is 4.68. The van der Waals surface area contributed by atoms with Crippen LogP contribution in [0.25, 0.3) is 0 Å². The SMILES string of the molecule is NC[C@H]1CC[C@@H](OCc2ccccc2)CC1. The fraction of sp³-hybridized carbons (Fsp3) is 0.571. The fourth-order valence-corrected chi connectivity index (χ4v) is 2.32. The van der Waals surface area contributed by atoms with Gasteiger partial charge in [-0.05, 0) is 43.7 Å². The maximum absolute atomic E-state index is 5.92. The summed E-state index contributed by atoms with van der Waals surface area (Å²) in [5.74, 6) is 0.733. The predicted molar refractivity (Wildman–Crippen MR) is 66.0 cm³/mol. The summed E-state index contributed by atoms with van der Waals surface area (Å²) < 4.78 is 5.92. The van der Waals surface area contributed by atoms with E-state index in [1.54, 1.807) is 0 Å². The minimum Gasteiger partial charge on any atom is -0.374 e. The van der Waals surface area contributed by atoms with Crippen LogP contribution >= 0.6 is 0 Å². The molecule has 1 aliphatic carbocycles. The van der Waals surface area contributed by atoms with Gasteiger partial charge in [0.1, 0.15) is 0 Å². The molecule has 0 saturated heterocycles. The van der Waals surface area contributed by atoms with E-state index in [2.05, 4.69) is 24.3 Å². The third-order valence-electron chi connectivity index (χ3n) is 3.46. The molecule has 0 bridgehead atoms. The number of nitrogens with two attached hydrogens (primary N) is 1. The molecule has 1 aromatic carbocycles. The summed E-state index contributed by atoms with van der Waals surface area (Å²) in [5, 5.41) is 0. The normalized spacial score (nSPS) is 25.6. The Bertz CT molecular complexity index is 291. The molecule has 1 saturated carbocycles. The maximum Gasteiger partial charge on any atom is 0.0720 e. The fourth-order valence-electron chi connectivity index (χ4n) is 2.32. The van der Waals surface area contributed by atoms with E-state index in [1.165, 1.54) is 31.2 Å². The van der Waals surface area contributed by atoms with Gasteiger partial charge in [0, 0.05) is 0 Å². The molecule has 0 aromatic heterocycles. The van der Waals surface area contributed by atoms with Crippen LogP contribution in [0.2, 0.25) is 0 Å². The van der Waals surface area contributed by atoms with Gasteiger partial charge in [0.05, 0.1) is 12.7 Å². The molecule has 0 amide bonds. The zero-order chi connectivity index (χ0) is 11.2. The van der Waals surface area contributed by atoms with Crippen LogP contribution in [0.3, 0.4) is 0 Å². The van der Waals surface area contributed by atoms with Crippen molar-refractivity contribution in [2.45, 2.75) is 38.4 Å². The molecule has 0 atom stereocenters. The van der Waals surface area contributed by atoms with E-state index < -0.39 is 0 Å². The van der Waals surface area contributed by atoms with Crippen LogP contribution in [0.4, 0.5) is 0 Å². The van der Waals surface area contributed by atoms with Crippen molar-refractivity contribution in [3.05, 3.63) is 35.9 Å². The van der Waals surface area contributed by atoms with Crippen molar-refractivity contribution in [3.8, 4) is 0 Å². The molecule has 0 unspecified atom stereocenters. The van der Waals surface area contributed by atoms with Crippen LogP contribution in [0.5, 0.6) is 0 Å². The molecule has 0 spiro atoms. The standard InChI is InChI=1S/C14H21NO/c15-10-12-6-8-14(9-7-12)16-11-13-4-2-1-3-5-13/h1-5,12,14H,6-11,15H2/t12-,14+. The molecule has 2 nitrogen and oxygen atoms in total. The minimum absolute atomic E-state index is 0.447. The molecule has 2 N–H and O–H groups in total. The molecule has 1 aliphatic rings. The summed E-state index contributed by atoms with van der Waals surface area (Å²) >= 11 is 0. The lowest BCUT2D eigenvalue weighted by Gasteiger charge is -2.27. The molecule has 1 aromatic rings. The summed E-state index contributed by atoms with van der Waals surface area (Å²) in [4.78, 5) is 0. The van der Waals surface area contributed by atoms with Gasteiger partial charge in [0.15, 0.2) is 0 Å². The van der Waals surface area contributed by atoms with Crippen molar-refractivity contribution in [2.24, 2.45) is 11.7 Å². The van der Waals surface area contributed by atoms with Crippen molar-refractivity contribution in [3.63, 3.8) is 0 Å². The lowest BCUT2D eigenvalue weighted by molar-refractivity contribution is 0.00796. The molecule has 88 valence electrons. The Balaban J connectivity index is 1.72. The smallest absolute Gasteiger partial charge is 0.0720 e. The minimum atomic E-state index is 0.447. The summed E-state index contributed by atoms with van der Waals surface area (Å²) in [6.07, 6.45) is 5.26. The van der Waals surface area contributed by atoms with E-state index in [9.17, 15) is 0 Å². The Labute approximate surface area is 97.8 Å². The quantitative estimate of drug-likeness (QED) is 0.845. The molecule has 0 radical (unpaired) electrons. The third kappa shape index (κ3) is 3.32. The zero-order valence-corrected chi connectivity index (χ0v) is 9.77. The Morgan fingerprint density at radius 2 is 1.75 bits per heavy atom. The second kappa shape index (κ2) is 6.02. The Morgan fingerprint density at radius 1 is 1.06 bits per heavy atom. The third-order valence-corrected chi connectivity index (χ3v) is 3.46. The first-order valence-electron chi connectivity index (χ1n) is 6.24. The average Bonchev–Trinajstić information content (AvgIpc) is 2.38. The highest BCUT2D eigenvalue weighted by Crippen LogP contribution is 2.25. The second-order valence-electron chi connectivity index (χ2n) is 4.68. The molecule has 2 heteroatoms. The Kier molecular flexibility index (Phi) is 4.37. The Hall–Kier alpha value is -0.860. The molecular weight excluding hydrogens is 198 g/mol. The van der Waals surface area contributed by atoms with Crippen molar-refractivity contribution < 1.29 is 4.74 Å². The lowest BCUT2D eigenvalue weighted by atomic mass is 9.87. The van der Waals surface area contributed by atoms with Gasteiger partial charge in [0.2, 0.25) is 0 Å². The first-order chi connectivity index (χ1) is 7.88. The molecule has 0 aliphatic heterocycles. The molecular formula is C14H21NO. The monoisotopic (exact) mass is 219 g/mol. The van der Waals surface area contributed by atoms with Gasteiger partial charge in [-0.25, -0.2) is 0 Å². The number of hydrogen-bond acceptors (Lipinski definition) is 2. The van der Waals surface area contributed by atoms with Crippen LogP contribution in [0, 0.1) is 5.92 Å². The van der Waals surface area contributed by atoms with Gasteiger partial charge in [-0.3, -0.25) is 0 Å². The lowest BCUT2D eigenvalue weighted by Crippen LogP contribution is -2.25. The summed E-state index contributed by atoms with van der Waals surface area (Å²) in [5.41, 5.74) is 6.94. The van der Waals surface area contributed by atoms with E-state index in [-0.39, 0.29) is 0 Å². The highest BCUT2D eigenvalue weighted by atomic mass is 16.5. The number of rotatable bonds is 4. The molecule has 2 rings (SSSR count). The van der Waals surface area contributed by atoms with Crippen molar-refractivity contribution in [1.29, 1.82) is 0 Å². The first kappa shape index (κ1) is 11.6. The van der Waals surface area contributed by atoms with Gasteiger partial charge in [-0.2, -0.15) is 0 Å². The highest BCUT2D eigenvalue weighted by molar-refractivity contribution is 5.13. The van der Waals surface area contributed by atoms with E-state index in [4.69, 9.17) is 10.5 Å². The van der Waals surface area contributed by atoms with Crippen LogP contribution < -0.4 is 5.73 Å². The van der Waals surface area contributed by atoms with Gasteiger partial charge in [-0.15, -0.1) is 0 Å². The summed E-state index contributed by atoms with van der Waals surface area (Å²) in [6, 6.07) is 10.4. The summed E-state index contributed by atoms with van der Waals surface area (Å²) in [6.45, 7) is 1.59. The number of ether oxygens (including phenoxy) is 1. The van der Waals surface area contributed by atoms with Crippen molar-refractivity contribution >= 4 is 0 Å². The predicted octanol–water partition coefficient (Wildman–Crippen LogP) is 2.72. The van der Waals surface area contributed by atoms with Gasteiger partial charge in [0.25, 0.3) is 0 Å². The van der Waals surface area contributed by atoms with E-state index in [0.29, 0.717) is 6.10 Å². The first-order valence-corrected chi connectivity index (χ1v) is 6.24. The topological polar surface area (TPSA) is 35.2 Å².